The van der Waals surface area contributed by atoms with Crippen molar-refractivity contribution in [1.82, 2.24) is 10.6 Å². The molecule has 28 heavy (non-hydrogen) atoms. The fourth-order valence-corrected chi connectivity index (χ4v) is 2.73. The molecule has 0 aromatic heterocycles. The van der Waals surface area contributed by atoms with Crippen LogP contribution in [0.15, 0.2) is 47.5 Å². The predicted molar refractivity (Wildman–Crippen MR) is 109 cm³/mol. The molecule has 0 fully saturated rings. The summed E-state index contributed by atoms with van der Waals surface area (Å²) in [6, 6.07) is 12.0. The topological polar surface area (TPSA) is 75.1 Å². The van der Waals surface area contributed by atoms with Gasteiger partial charge in [-0.05, 0) is 43.2 Å². The van der Waals surface area contributed by atoms with Crippen LogP contribution in [0.25, 0.3) is 0 Å². The number of nitrogens with one attached hydrogen (secondary N) is 2. The highest BCUT2D eigenvalue weighted by atomic mass is 19.1. The summed E-state index contributed by atoms with van der Waals surface area (Å²) in [5.41, 5.74) is 1.25. The number of aliphatic hydroxyl groups is 1. The second kappa shape index (κ2) is 11.1. The van der Waals surface area contributed by atoms with Crippen molar-refractivity contribution in [1.29, 1.82) is 0 Å². The van der Waals surface area contributed by atoms with Gasteiger partial charge in [-0.2, -0.15) is 0 Å². The molecule has 0 radical (unpaired) electrons. The highest BCUT2D eigenvalue weighted by molar-refractivity contribution is 5.79. The van der Waals surface area contributed by atoms with Crippen LogP contribution in [0.3, 0.4) is 0 Å². The summed E-state index contributed by atoms with van der Waals surface area (Å²) < 4.78 is 24.2. The van der Waals surface area contributed by atoms with Gasteiger partial charge in [0.15, 0.2) is 5.96 Å². The second-order valence-electron chi connectivity index (χ2n) is 6.11. The summed E-state index contributed by atoms with van der Waals surface area (Å²) in [4.78, 5) is 4.43. The minimum Gasteiger partial charge on any atom is -0.497 e. The van der Waals surface area contributed by atoms with E-state index in [4.69, 9.17) is 9.47 Å². The van der Waals surface area contributed by atoms with E-state index in [9.17, 15) is 9.50 Å². The summed E-state index contributed by atoms with van der Waals surface area (Å²) in [6.07, 6.45) is -0.323. The first-order chi connectivity index (χ1) is 13.6. The molecule has 0 saturated heterocycles. The van der Waals surface area contributed by atoms with E-state index in [-0.39, 0.29) is 12.4 Å². The minimum absolute atomic E-state index is 0.137. The van der Waals surface area contributed by atoms with Crippen molar-refractivity contribution in [2.24, 2.45) is 4.99 Å². The largest absolute Gasteiger partial charge is 0.497 e. The Morgan fingerprint density at radius 3 is 2.61 bits per heavy atom. The lowest BCUT2D eigenvalue weighted by molar-refractivity contribution is 0.182. The molecule has 2 aromatic rings. The molecule has 0 aliphatic heterocycles. The standard InChI is InChI=1S/C21H28FN3O3/c1-4-23-21(24-12-11-15-7-5-6-8-18(15)22)25-14-19(26)17-13-16(27-2)9-10-20(17)28-3/h5-10,13,19,26H,4,11-12,14H2,1-3H3,(H2,23,24,25). The SMILES string of the molecule is CCNC(=NCC(O)c1cc(OC)ccc1OC)NCCc1ccccc1F. The number of ether oxygens (including phenoxy) is 2. The van der Waals surface area contributed by atoms with Gasteiger partial charge in [0.1, 0.15) is 23.4 Å². The van der Waals surface area contributed by atoms with Crippen LogP contribution < -0.4 is 20.1 Å². The van der Waals surface area contributed by atoms with E-state index in [1.54, 1.807) is 44.6 Å². The van der Waals surface area contributed by atoms with Crippen molar-refractivity contribution in [2.45, 2.75) is 19.4 Å². The normalized spacial score (nSPS) is 12.4. The zero-order valence-corrected chi connectivity index (χ0v) is 16.5. The van der Waals surface area contributed by atoms with E-state index in [1.165, 1.54) is 6.07 Å². The molecule has 2 rings (SSSR count). The van der Waals surface area contributed by atoms with E-state index in [1.807, 2.05) is 13.0 Å². The zero-order valence-electron chi connectivity index (χ0n) is 16.5. The maximum atomic E-state index is 13.7. The van der Waals surface area contributed by atoms with Gasteiger partial charge < -0.3 is 25.2 Å². The van der Waals surface area contributed by atoms with Gasteiger partial charge in [-0.1, -0.05) is 18.2 Å². The van der Waals surface area contributed by atoms with Crippen LogP contribution in [-0.4, -0.2) is 44.9 Å². The minimum atomic E-state index is -0.855. The van der Waals surface area contributed by atoms with Gasteiger partial charge in [-0.3, -0.25) is 4.99 Å². The van der Waals surface area contributed by atoms with E-state index in [2.05, 4.69) is 15.6 Å². The number of hydrogen-bond donors (Lipinski definition) is 3. The molecule has 152 valence electrons. The van der Waals surface area contributed by atoms with E-state index in [0.29, 0.717) is 48.1 Å². The first kappa shape index (κ1) is 21.5. The Balaban J connectivity index is 2.00. The number of benzene rings is 2. The lowest BCUT2D eigenvalue weighted by Gasteiger charge is -2.16. The summed E-state index contributed by atoms with van der Waals surface area (Å²) in [5.74, 6) is 1.54. The predicted octanol–water partition coefficient (Wildman–Crippen LogP) is 2.67. The Hall–Kier alpha value is -2.80. The van der Waals surface area contributed by atoms with Crippen molar-refractivity contribution in [2.75, 3.05) is 33.9 Å². The van der Waals surface area contributed by atoms with Gasteiger partial charge in [0.05, 0.1) is 20.8 Å². The van der Waals surface area contributed by atoms with Crippen molar-refractivity contribution < 1.29 is 19.0 Å². The molecule has 0 amide bonds. The molecule has 1 unspecified atom stereocenters. The van der Waals surface area contributed by atoms with Crippen LogP contribution in [-0.2, 0) is 6.42 Å². The smallest absolute Gasteiger partial charge is 0.191 e. The molecular weight excluding hydrogens is 361 g/mol. The Kier molecular flexibility index (Phi) is 8.55. The average Bonchev–Trinajstić information content (AvgIpc) is 2.72. The van der Waals surface area contributed by atoms with Crippen LogP contribution in [0.1, 0.15) is 24.2 Å². The molecule has 1 atom stereocenters. The number of methoxy groups -OCH3 is 2. The molecule has 0 bridgehead atoms. The molecular formula is C21H28FN3O3. The average molecular weight is 389 g/mol. The summed E-state index contributed by atoms with van der Waals surface area (Å²) in [6.45, 7) is 3.28. The Labute approximate surface area is 165 Å². The first-order valence-corrected chi connectivity index (χ1v) is 9.24. The molecule has 0 spiro atoms. The Bertz CT molecular complexity index is 783. The van der Waals surface area contributed by atoms with E-state index < -0.39 is 6.10 Å². The second-order valence-corrected chi connectivity index (χ2v) is 6.11. The number of halogens is 1. The van der Waals surface area contributed by atoms with Gasteiger partial charge in [0.25, 0.3) is 0 Å². The monoisotopic (exact) mass is 389 g/mol. The maximum absolute atomic E-state index is 13.7. The molecule has 0 aliphatic carbocycles. The number of aliphatic imine (C=N–C) groups is 1. The van der Waals surface area contributed by atoms with Crippen LogP contribution in [0.4, 0.5) is 4.39 Å². The van der Waals surface area contributed by atoms with Crippen molar-refractivity contribution in [3.63, 3.8) is 0 Å². The summed E-state index contributed by atoms with van der Waals surface area (Å²) in [5, 5.41) is 16.8. The molecule has 0 saturated carbocycles. The van der Waals surface area contributed by atoms with Gasteiger partial charge in [-0.25, -0.2) is 4.39 Å². The molecule has 6 nitrogen and oxygen atoms in total. The van der Waals surface area contributed by atoms with E-state index >= 15 is 0 Å². The summed E-state index contributed by atoms with van der Waals surface area (Å²) in [7, 11) is 3.12. The number of guanidine groups is 1. The molecule has 3 N–H and O–H groups in total. The Morgan fingerprint density at radius 2 is 1.93 bits per heavy atom. The van der Waals surface area contributed by atoms with Crippen LogP contribution in [0.5, 0.6) is 11.5 Å². The van der Waals surface area contributed by atoms with Gasteiger partial charge >= 0.3 is 0 Å². The fourth-order valence-electron chi connectivity index (χ4n) is 2.73. The highest BCUT2D eigenvalue weighted by Gasteiger charge is 2.14. The molecule has 0 heterocycles. The number of aliphatic hydroxyl groups excluding tert-OH is 1. The number of nitrogens with zero attached hydrogens (tertiary/aromatic N) is 1. The van der Waals surface area contributed by atoms with E-state index in [0.717, 1.165) is 0 Å². The third-order valence-electron chi connectivity index (χ3n) is 4.21. The van der Waals surface area contributed by atoms with Crippen molar-refractivity contribution in [3.8, 4) is 11.5 Å². The van der Waals surface area contributed by atoms with Crippen LogP contribution in [0.2, 0.25) is 0 Å². The lowest BCUT2D eigenvalue weighted by atomic mass is 10.1. The molecule has 2 aromatic carbocycles. The van der Waals surface area contributed by atoms with Crippen LogP contribution >= 0.6 is 0 Å². The maximum Gasteiger partial charge on any atom is 0.191 e. The van der Waals surface area contributed by atoms with Crippen molar-refractivity contribution in [3.05, 3.63) is 59.4 Å². The van der Waals surface area contributed by atoms with Gasteiger partial charge in [0.2, 0.25) is 0 Å². The lowest BCUT2D eigenvalue weighted by Crippen LogP contribution is -2.38. The Morgan fingerprint density at radius 1 is 1.14 bits per heavy atom. The number of rotatable bonds is 9. The molecule has 7 heteroatoms. The van der Waals surface area contributed by atoms with Crippen LogP contribution in [0, 0.1) is 5.82 Å². The van der Waals surface area contributed by atoms with Gasteiger partial charge in [-0.15, -0.1) is 0 Å². The zero-order chi connectivity index (χ0) is 20.4. The first-order valence-electron chi connectivity index (χ1n) is 9.24. The quantitative estimate of drug-likeness (QED) is 0.454. The number of hydrogen-bond acceptors (Lipinski definition) is 4. The third-order valence-corrected chi connectivity index (χ3v) is 4.21. The summed E-state index contributed by atoms with van der Waals surface area (Å²) >= 11 is 0. The highest BCUT2D eigenvalue weighted by Crippen LogP contribution is 2.29. The fraction of sp³-hybridized carbons (Fsp3) is 0.381. The van der Waals surface area contributed by atoms with Crippen molar-refractivity contribution >= 4 is 5.96 Å². The molecule has 0 aliphatic rings. The third kappa shape index (κ3) is 6.13. The van der Waals surface area contributed by atoms with Gasteiger partial charge in [0, 0.05) is 18.7 Å².